The summed E-state index contributed by atoms with van der Waals surface area (Å²) in [6.07, 6.45) is 6.96. The average molecular weight is 283 g/mol. The highest BCUT2D eigenvalue weighted by Crippen LogP contribution is 2.40. The number of carboxylic acid groups (broad SMARTS) is 1. The van der Waals surface area contributed by atoms with E-state index in [2.05, 4.69) is 11.6 Å². The second kappa shape index (κ2) is 5.82. The highest BCUT2D eigenvalue weighted by atomic mass is 32.2. The SMILES string of the molecule is CSC1(CNc2ccc(C(=O)O)c(F)c2)CCCC1. The van der Waals surface area contributed by atoms with E-state index in [9.17, 15) is 9.18 Å². The number of carboxylic acids is 1. The first-order chi connectivity index (χ1) is 9.06. The molecule has 5 heteroatoms. The number of benzene rings is 1. The smallest absolute Gasteiger partial charge is 0.338 e. The third-order valence-corrected chi connectivity index (χ3v) is 5.18. The van der Waals surface area contributed by atoms with E-state index in [0.29, 0.717) is 5.69 Å². The van der Waals surface area contributed by atoms with E-state index < -0.39 is 11.8 Å². The van der Waals surface area contributed by atoms with Crippen LogP contribution in [0.25, 0.3) is 0 Å². The van der Waals surface area contributed by atoms with Crippen molar-refractivity contribution in [2.24, 2.45) is 0 Å². The summed E-state index contributed by atoms with van der Waals surface area (Å²) in [5.74, 6) is -1.93. The van der Waals surface area contributed by atoms with Gasteiger partial charge in [0, 0.05) is 17.0 Å². The second-order valence-electron chi connectivity index (χ2n) is 4.95. The molecule has 0 aromatic heterocycles. The fourth-order valence-corrected chi connectivity index (χ4v) is 3.45. The molecule has 0 atom stereocenters. The number of nitrogens with one attached hydrogen (secondary N) is 1. The molecular formula is C14H18FNO2S. The molecule has 0 amide bonds. The molecule has 1 aliphatic rings. The normalized spacial score (nSPS) is 17.4. The van der Waals surface area contributed by atoms with Gasteiger partial charge in [-0.1, -0.05) is 12.8 Å². The molecule has 0 heterocycles. The minimum atomic E-state index is -1.24. The lowest BCUT2D eigenvalue weighted by molar-refractivity contribution is 0.0692. The highest BCUT2D eigenvalue weighted by Gasteiger charge is 2.32. The van der Waals surface area contributed by atoms with Crippen LogP contribution < -0.4 is 5.32 Å². The van der Waals surface area contributed by atoms with Crippen LogP contribution in [0.15, 0.2) is 18.2 Å². The number of carbonyl (C=O) groups is 1. The van der Waals surface area contributed by atoms with Crippen LogP contribution in [0, 0.1) is 5.82 Å². The van der Waals surface area contributed by atoms with Crippen molar-refractivity contribution in [2.45, 2.75) is 30.4 Å². The van der Waals surface area contributed by atoms with Gasteiger partial charge >= 0.3 is 5.97 Å². The molecule has 1 aromatic carbocycles. The van der Waals surface area contributed by atoms with Crippen LogP contribution in [-0.4, -0.2) is 28.6 Å². The highest BCUT2D eigenvalue weighted by molar-refractivity contribution is 8.00. The van der Waals surface area contributed by atoms with Gasteiger partial charge < -0.3 is 10.4 Å². The lowest BCUT2D eigenvalue weighted by Crippen LogP contribution is -2.30. The minimum Gasteiger partial charge on any atom is -0.478 e. The van der Waals surface area contributed by atoms with Gasteiger partial charge in [-0.3, -0.25) is 0 Å². The third kappa shape index (κ3) is 3.21. The lowest BCUT2D eigenvalue weighted by atomic mass is 10.1. The molecule has 104 valence electrons. The molecular weight excluding hydrogens is 265 g/mol. The first-order valence-corrected chi connectivity index (χ1v) is 7.61. The maximum absolute atomic E-state index is 13.6. The van der Waals surface area contributed by atoms with Crippen LogP contribution in [-0.2, 0) is 0 Å². The van der Waals surface area contributed by atoms with Crippen molar-refractivity contribution in [1.82, 2.24) is 0 Å². The molecule has 0 radical (unpaired) electrons. The van der Waals surface area contributed by atoms with Crippen molar-refractivity contribution in [2.75, 3.05) is 18.1 Å². The van der Waals surface area contributed by atoms with Gasteiger partial charge in [0.05, 0.1) is 5.56 Å². The van der Waals surface area contributed by atoms with E-state index >= 15 is 0 Å². The van der Waals surface area contributed by atoms with E-state index in [1.807, 2.05) is 11.8 Å². The van der Waals surface area contributed by atoms with Crippen LogP contribution in [0.3, 0.4) is 0 Å². The van der Waals surface area contributed by atoms with Crippen LogP contribution >= 0.6 is 11.8 Å². The second-order valence-corrected chi connectivity index (χ2v) is 6.22. The van der Waals surface area contributed by atoms with Crippen LogP contribution in [0.5, 0.6) is 0 Å². The van der Waals surface area contributed by atoms with Crippen LogP contribution in [0.2, 0.25) is 0 Å². The summed E-state index contributed by atoms with van der Waals surface area (Å²) in [6.45, 7) is 0.792. The Labute approximate surface area is 116 Å². The third-order valence-electron chi connectivity index (χ3n) is 3.76. The Balaban J connectivity index is 2.03. The quantitative estimate of drug-likeness (QED) is 0.866. The van der Waals surface area contributed by atoms with Gasteiger partial charge in [0.2, 0.25) is 0 Å². The molecule has 1 aliphatic carbocycles. The summed E-state index contributed by atoms with van der Waals surface area (Å²) in [5.41, 5.74) is 0.355. The van der Waals surface area contributed by atoms with Crippen LogP contribution in [0.1, 0.15) is 36.0 Å². The van der Waals surface area contributed by atoms with E-state index in [-0.39, 0.29) is 10.3 Å². The molecule has 0 aliphatic heterocycles. The van der Waals surface area contributed by atoms with Crippen LogP contribution in [0.4, 0.5) is 10.1 Å². The molecule has 1 saturated carbocycles. The molecule has 0 saturated heterocycles. The van der Waals surface area contributed by atoms with E-state index in [1.54, 1.807) is 6.07 Å². The summed E-state index contributed by atoms with van der Waals surface area (Å²) < 4.78 is 13.8. The lowest BCUT2D eigenvalue weighted by Gasteiger charge is -2.27. The average Bonchev–Trinajstić information content (AvgIpc) is 2.85. The van der Waals surface area contributed by atoms with Gasteiger partial charge in [0.15, 0.2) is 0 Å². The van der Waals surface area contributed by atoms with Gasteiger partial charge in [-0.15, -0.1) is 0 Å². The Hall–Kier alpha value is -1.23. The fourth-order valence-electron chi connectivity index (χ4n) is 2.53. The molecule has 2 rings (SSSR count). The predicted molar refractivity (Wildman–Crippen MR) is 76.6 cm³/mol. The summed E-state index contributed by atoms with van der Waals surface area (Å²) in [4.78, 5) is 10.7. The van der Waals surface area contributed by atoms with Crippen molar-refractivity contribution >= 4 is 23.4 Å². The summed E-state index contributed by atoms with van der Waals surface area (Å²) in [7, 11) is 0. The van der Waals surface area contributed by atoms with Crippen molar-refractivity contribution in [3.8, 4) is 0 Å². The number of anilines is 1. The van der Waals surface area contributed by atoms with Crippen molar-refractivity contribution in [1.29, 1.82) is 0 Å². The van der Waals surface area contributed by atoms with Gasteiger partial charge in [0.25, 0.3) is 0 Å². The van der Waals surface area contributed by atoms with E-state index in [1.165, 1.54) is 37.8 Å². The molecule has 3 nitrogen and oxygen atoms in total. The van der Waals surface area contributed by atoms with Crippen molar-refractivity contribution in [3.63, 3.8) is 0 Å². The Bertz CT molecular complexity index is 473. The number of halogens is 1. The fraction of sp³-hybridized carbons (Fsp3) is 0.500. The molecule has 19 heavy (non-hydrogen) atoms. The molecule has 0 spiro atoms. The maximum Gasteiger partial charge on any atom is 0.338 e. The standard InChI is InChI=1S/C14H18FNO2S/c1-19-14(6-2-3-7-14)9-16-10-4-5-11(13(17)18)12(15)8-10/h4-5,8,16H,2-3,6-7,9H2,1H3,(H,17,18). The predicted octanol–water partition coefficient (Wildman–Crippen LogP) is 3.61. The summed E-state index contributed by atoms with van der Waals surface area (Å²) in [5, 5.41) is 12.0. The summed E-state index contributed by atoms with van der Waals surface area (Å²) in [6, 6.07) is 4.18. The number of hydrogen-bond donors (Lipinski definition) is 2. The van der Waals surface area contributed by atoms with Crippen molar-refractivity contribution < 1.29 is 14.3 Å². The Morgan fingerprint density at radius 1 is 1.47 bits per heavy atom. The topological polar surface area (TPSA) is 49.3 Å². The van der Waals surface area contributed by atoms with E-state index in [0.717, 1.165) is 6.54 Å². The zero-order valence-corrected chi connectivity index (χ0v) is 11.7. The zero-order valence-electron chi connectivity index (χ0n) is 10.9. The molecule has 0 bridgehead atoms. The Morgan fingerprint density at radius 3 is 2.68 bits per heavy atom. The number of rotatable bonds is 5. The first kappa shape index (κ1) is 14.2. The summed E-state index contributed by atoms with van der Waals surface area (Å²) >= 11 is 1.86. The zero-order chi connectivity index (χ0) is 13.9. The first-order valence-electron chi connectivity index (χ1n) is 6.38. The van der Waals surface area contributed by atoms with Gasteiger partial charge in [-0.25, -0.2) is 9.18 Å². The molecule has 2 N–H and O–H groups in total. The van der Waals surface area contributed by atoms with Gasteiger partial charge in [-0.2, -0.15) is 11.8 Å². The Morgan fingerprint density at radius 2 is 2.16 bits per heavy atom. The van der Waals surface area contributed by atoms with Gasteiger partial charge in [-0.05, 0) is 37.3 Å². The maximum atomic E-state index is 13.6. The van der Waals surface area contributed by atoms with E-state index in [4.69, 9.17) is 5.11 Å². The Kier molecular flexibility index (Phi) is 4.34. The molecule has 1 fully saturated rings. The minimum absolute atomic E-state index is 0.238. The number of thioether (sulfide) groups is 1. The molecule has 1 aromatic rings. The largest absolute Gasteiger partial charge is 0.478 e. The van der Waals surface area contributed by atoms with Gasteiger partial charge in [0.1, 0.15) is 5.82 Å². The van der Waals surface area contributed by atoms with Crippen molar-refractivity contribution in [3.05, 3.63) is 29.6 Å². The molecule has 0 unspecified atom stereocenters. The number of aromatic carboxylic acids is 1. The number of hydrogen-bond acceptors (Lipinski definition) is 3. The monoisotopic (exact) mass is 283 g/mol.